The number of nitrogens with zero attached hydrogens (tertiary/aromatic N) is 2. The predicted octanol–water partition coefficient (Wildman–Crippen LogP) is 1.24. The summed E-state index contributed by atoms with van der Waals surface area (Å²) in [6, 6.07) is 0. The van der Waals surface area contributed by atoms with E-state index in [1.807, 2.05) is 0 Å². The zero-order chi connectivity index (χ0) is 13.9. The van der Waals surface area contributed by atoms with Gasteiger partial charge < -0.3 is 10.4 Å². The first kappa shape index (κ1) is 13.5. The van der Waals surface area contributed by atoms with Gasteiger partial charge in [-0.3, -0.25) is 14.6 Å². The topological polar surface area (TPSA) is 92.2 Å². The normalized spacial score (nSPS) is 26.7. The number of amides is 1. The number of carbonyl (C=O) groups excluding carboxylic acids is 1. The minimum atomic E-state index is -0.860. The Labute approximate surface area is 111 Å². The van der Waals surface area contributed by atoms with Crippen molar-refractivity contribution >= 4 is 11.9 Å². The summed E-state index contributed by atoms with van der Waals surface area (Å²) in [5.74, 6) is -1.78. The number of hydrogen-bond acceptors (Lipinski definition) is 4. The van der Waals surface area contributed by atoms with Gasteiger partial charge in [0.2, 0.25) is 0 Å². The Hall–Kier alpha value is -1.98. The molecular formula is C13H17N3O3. The molecule has 0 bridgehead atoms. The molecule has 2 unspecified atom stereocenters. The van der Waals surface area contributed by atoms with E-state index >= 15 is 0 Å². The van der Waals surface area contributed by atoms with Gasteiger partial charge in [-0.15, -0.1) is 0 Å². The van der Waals surface area contributed by atoms with Gasteiger partial charge in [0.1, 0.15) is 5.69 Å². The first-order valence-corrected chi connectivity index (χ1v) is 6.34. The highest BCUT2D eigenvalue weighted by Gasteiger charge is 2.42. The van der Waals surface area contributed by atoms with Crippen molar-refractivity contribution in [2.75, 3.05) is 0 Å². The van der Waals surface area contributed by atoms with Crippen molar-refractivity contribution in [1.82, 2.24) is 15.3 Å². The monoisotopic (exact) mass is 263 g/mol. The molecule has 1 aromatic rings. The van der Waals surface area contributed by atoms with E-state index < -0.39 is 17.4 Å². The summed E-state index contributed by atoms with van der Waals surface area (Å²) in [5.41, 5.74) is -0.517. The molecule has 0 aliphatic heterocycles. The van der Waals surface area contributed by atoms with Gasteiger partial charge >= 0.3 is 5.97 Å². The summed E-state index contributed by atoms with van der Waals surface area (Å²) >= 11 is 0. The third-order valence-corrected chi connectivity index (χ3v) is 3.70. The lowest BCUT2D eigenvalue weighted by Gasteiger charge is -2.39. The van der Waals surface area contributed by atoms with Gasteiger partial charge in [0, 0.05) is 12.4 Å². The van der Waals surface area contributed by atoms with Crippen LogP contribution < -0.4 is 5.32 Å². The Balaban J connectivity index is 2.15. The van der Waals surface area contributed by atoms with Gasteiger partial charge in [-0.05, 0) is 19.8 Å². The van der Waals surface area contributed by atoms with Crippen LogP contribution in [0.4, 0.5) is 0 Å². The Bertz CT molecular complexity index is 477. The van der Waals surface area contributed by atoms with Crippen LogP contribution in [0.1, 0.15) is 43.1 Å². The maximum Gasteiger partial charge on any atom is 0.308 e. The zero-order valence-electron chi connectivity index (χ0n) is 10.8. The summed E-state index contributed by atoms with van der Waals surface area (Å²) in [7, 11) is 0. The van der Waals surface area contributed by atoms with Crippen LogP contribution in [-0.2, 0) is 4.79 Å². The fraction of sp³-hybridized carbons (Fsp3) is 0.538. The molecule has 2 rings (SSSR count). The summed E-state index contributed by atoms with van der Waals surface area (Å²) in [5, 5.41) is 12.1. The van der Waals surface area contributed by atoms with Crippen molar-refractivity contribution in [3.8, 4) is 0 Å². The van der Waals surface area contributed by atoms with Crippen molar-refractivity contribution in [2.45, 2.75) is 38.1 Å². The summed E-state index contributed by atoms with van der Waals surface area (Å²) in [6.45, 7) is 1.79. The van der Waals surface area contributed by atoms with Crippen molar-refractivity contribution < 1.29 is 14.7 Å². The molecule has 0 spiro atoms. The number of rotatable bonds is 3. The lowest BCUT2D eigenvalue weighted by Crippen LogP contribution is -2.55. The van der Waals surface area contributed by atoms with E-state index in [1.54, 1.807) is 6.92 Å². The smallest absolute Gasteiger partial charge is 0.308 e. The standard InChI is InChI=1S/C13H17N3O3/c1-13(5-3-2-4-9(13)12(18)19)16-11(17)10-8-14-6-7-15-10/h6-9H,2-5H2,1H3,(H,16,17)(H,18,19). The molecule has 1 fully saturated rings. The fourth-order valence-corrected chi connectivity index (χ4v) is 2.62. The first-order valence-electron chi connectivity index (χ1n) is 6.34. The molecule has 6 heteroatoms. The highest BCUT2D eigenvalue weighted by Crippen LogP contribution is 2.34. The molecule has 1 aliphatic rings. The van der Waals surface area contributed by atoms with E-state index in [-0.39, 0.29) is 11.6 Å². The van der Waals surface area contributed by atoms with E-state index in [0.29, 0.717) is 12.8 Å². The fourth-order valence-electron chi connectivity index (χ4n) is 2.62. The number of carbonyl (C=O) groups is 2. The van der Waals surface area contributed by atoms with Crippen LogP contribution in [0.3, 0.4) is 0 Å². The van der Waals surface area contributed by atoms with Crippen LogP contribution in [0.5, 0.6) is 0 Å². The van der Waals surface area contributed by atoms with Gasteiger partial charge in [0.15, 0.2) is 0 Å². The van der Waals surface area contributed by atoms with E-state index in [1.165, 1.54) is 18.6 Å². The second-order valence-electron chi connectivity index (χ2n) is 5.10. The molecule has 1 aliphatic carbocycles. The zero-order valence-corrected chi connectivity index (χ0v) is 10.8. The van der Waals surface area contributed by atoms with E-state index in [9.17, 15) is 14.7 Å². The van der Waals surface area contributed by atoms with Crippen LogP contribution in [0.25, 0.3) is 0 Å². The second-order valence-corrected chi connectivity index (χ2v) is 5.10. The maximum absolute atomic E-state index is 12.1. The van der Waals surface area contributed by atoms with Gasteiger partial charge in [-0.2, -0.15) is 0 Å². The minimum Gasteiger partial charge on any atom is -0.481 e. The molecule has 1 saturated carbocycles. The lowest BCUT2D eigenvalue weighted by atomic mass is 9.74. The highest BCUT2D eigenvalue weighted by molar-refractivity contribution is 5.92. The molecular weight excluding hydrogens is 246 g/mol. The van der Waals surface area contributed by atoms with Crippen molar-refractivity contribution in [1.29, 1.82) is 0 Å². The average molecular weight is 263 g/mol. The van der Waals surface area contributed by atoms with Crippen LogP contribution >= 0.6 is 0 Å². The van der Waals surface area contributed by atoms with Crippen molar-refractivity contribution in [3.63, 3.8) is 0 Å². The number of hydrogen-bond donors (Lipinski definition) is 2. The summed E-state index contributed by atoms with van der Waals surface area (Å²) in [6.07, 6.45) is 7.35. The van der Waals surface area contributed by atoms with Gasteiger partial charge in [0.25, 0.3) is 5.91 Å². The molecule has 0 radical (unpaired) electrons. The quantitative estimate of drug-likeness (QED) is 0.856. The molecule has 0 aromatic carbocycles. The predicted molar refractivity (Wildman–Crippen MR) is 67.5 cm³/mol. The Morgan fingerprint density at radius 2 is 2.21 bits per heavy atom. The molecule has 1 aromatic heterocycles. The summed E-state index contributed by atoms with van der Waals surface area (Å²) in [4.78, 5) is 31.1. The van der Waals surface area contributed by atoms with Gasteiger partial charge in [-0.25, -0.2) is 4.98 Å². The summed E-state index contributed by atoms with van der Waals surface area (Å²) < 4.78 is 0. The van der Waals surface area contributed by atoms with E-state index in [2.05, 4.69) is 15.3 Å². The second kappa shape index (κ2) is 5.34. The third kappa shape index (κ3) is 2.89. The Morgan fingerprint density at radius 3 is 2.84 bits per heavy atom. The van der Waals surface area contributed by atoms with E-state index in [4.69, 9.17) is 0 Å². The molecule has 2 N–H and O–H groups in total. The third-order valence-electron chi connectivity index (χ3n) is 3.70. The number of nitrogens with one attached hydrogen (secondary N) is 1. The largest absolute Gasteiger partial charge is 0.481 e. The number of carboxylic acid groups (broad SMARTS) is 1. The molecule has 2 atom stereocenters. The Morgan fingerprint density at radius 1 is 1.42 bits per heavy atom. The van der Waals surface area contributed by atoms with Crippen LogP contribution in [0, 0.1) is 5.92 Å². The molecule has 1 heterocycles. The highest BCUT2D eigenvalue weighted by atomic mass is 16.4. The number of aliphatic carboxylic acids is 1. The molecule has 102 valence electrons. The number of aromatic nitrogens is 2. The van der Waals surface area contributed by atoms with Crippen LogP contribution in [-0.4, -0.2) is 32.5 Å². The van der Waals surface area contributed by atoms with Gasteiger partial charge in [0.05, 0.1) is 17.7 Å². The van der Waals surface area contributed by atoms with Crippen LogP contribution in [0.2, 0.25) is 0 Å². The SMILES string of the molecule is CC1(NC(=O)c2cnccn2)CCCCC1C(=O)O. The lowest BCUT2D eigenvalue weighted by molar-refractivity contribution is -0.145. The van der Waals surface area contributed by atoms with Crippen molar-refractivity contribution in [2.24, 2.45) is 5.92 Å². The molecule has 1 amide bonds. The van der Waals surface area contributed by atoms with Crippen LogP contribution in [0.15, 0.2) is 18.6 Å². The minimum absolute atomic E-state index is 0.207. The maximum atomic E-state index is 12.1. The number of carboxylic acids is 1. The average Bonchev–Trinajstić information content (AvgIpc) is 2.39. The Kier molecular flexibility index (Phi) is 3.78. The molecule has 0 saturated heterocycles. The molecule has 19 heavy (non-hydrogen) atoms. The van der Waals surface area contributed by atoms with Crippen molar-refractivity contribution in [3.05, 3.63) is 24.3 Å². The van der Waals surface area contributed by atoms with Gasteiger partial charge in [-0.1, -0.05) is 12.8 Å². The van der Waals surface area contributed by atoms with E-state index in [0.717, 1.165) is 12.8 Å². The molecule has 6 nitrogen and oxygen atoms in total. The first-order chi connectivity index (χ1) is 9.03.